The molecule has 1 heterocycles. The number of aliphatic hydroxyl groups is 1. The first-order chi connectivity index (χ1) is 13.9. The molecule has 1 atom stereocenters. The van der Waals surface area contributed by atoms with E-state index < -0.39 is 11.7 Å². The van der Waals surface area contributed by atoms with Crippen molar-refractivity contribution in [3.05, 3.63) is 53.6 Å². The monoisotopic (exact) mass is 404 g/mol. The average molecular weight is 404 g/mol. The van der Waals surface area contributed by atoms with Crippen molar-refractivity contribution in [3.8, 4) is 6.07 Å². The maximum absolute atomic E-state index is 13.4. The minimum Gasteiger partial charge on any atom is -0.395 e. The lowest BCUT2D eigenvalue weighted by molar-refractivity contribution is -0.137. The lowest BCUT2D eigenvalue weighted by Gasteiger charge is -2.36. The number of halogens is 3. The Bertz CT molecular complexity index is 927. The van der Waals surface area contributed by atoms with Crippen LogP contribution in [0.5, 0.6) is 0 Å². The van der Waals surface area contributed by atoms with Crippen molar-refractivity contribution in [2.75, 3.05) is 18.1 Å². The van der Waals surface area contributed by atoms with Crippen LogP contribution in [0.2, 0.25) is 0 Å². The molecule has 8 heteroatoms. The van der Waals surface area contributed by atoms with Gasteiger partial charge in [-0.05, 0) is 50.0 Å². The Labute approximate surface area is 167 Å². The Morgan fingerprint density at radius 2 is 2.17 bits per heavy atom. The first-order valence-corrected chi connectivity index (χ1v) is 9.57. The number of allylic oxidation sites excluding steroid dienone is 1. The molecule has 0 saturated carbocycles. The quantitative estimate of drug-likeness (QED) is 0.783. The Balaban J connectivity index is 1.89. The highest BCUT2D eigenvalue weighted by Crippen LogP contribution is 2.37. The minimum absolute atomic E-state index is 0.00656. The van der Waals surface area contributed by atoms with Gasteiger partial charge in [0.25, 0.3) is 0 Å². The maximum atomic E-state index is 13.4. The largest absolute Gasteiger partial charge is 0.417 e. The van der Waals surface area contributed by atoms with Crippen molar-refractivity contribution < 1.29 is 18.3 Å². The number of anilines is 1. The standard InChI is InChI=1S/C21H23F3N4O/c1-2-28(18-7-6-16(12-25)19(11-18)21(22,23)24)17-5-3-4-15(10-17)20-13-26-14-27(20)8-9-29/h4,6-7,11,13-14,17,29H,2-3,5,8-10H2,1H3. The van der Waals surface area contributed by atoms with E-state index in [0.29, 0.717) is 25.2 Å². The summed E-state index contributed by atoms with van der Waals surface area (Å²) in [6.07, 6.45) is 3.29. The van der Waals surface area contributed by atoms with Gasteiger partial charge in [-0.2, -0.15) is 18.4 Å². The summed E-state index contributed by atoms with van der Waals surface area (Å²) in [5, 5.41) is 18.3. The molecule has 0 amide bonds. The average Bonchev–Trinajstić information content (AvgIpc) is 3.17. The van der Waals surface area contributed by atoms with Crippen molar-refractivity contribution >= 4 is 11.3 Å². The second-order valence-electron chi connectivity index (χ2n) is 6.99. The number of benzene rings is 1. The first-order valence-electron chi connectivity index (χ1n) is 9.57. The molecule has 1 aliphatic carbocycles. The molecule has 154 valence electrons. The van der Waals surface area contributed by atoms with Crippen LogP contribution in [0.1, 0.15) is 43.0 Å². The van der Waals surface area contributed by atoms with Gasteiger partial charge in [-0.3, -0.25) is 0 Å². The van der Waals surface area contributed by atoms with E-state index >= 15 is 0 Å². The first kappa shape index (κ1) is 20.9. The Kier molecular flexibility index (Phi) is 6.28. The summed E-state index contributed by atoms with van der Waals surface area (Å²) < 4.78 is 42.0. The number of rotatable bonds is 6. The molecule has 0 bridgehead atoms. The van der Waals surface area contributed by atoms with Gasteiger partial charge in [0.2, 0.25) is 0 Å². The zero-order chi connectivity index (χ0) is 21.0. The molecule has 1 aromatic heterocycles. The number of imidazole rings is 1. The van der Waals surface area contributed by atoms with Gasteiger partial charge in [-0.25, -0.2) is 4.98 Å². The molecule has 0 saturated heterocycles. The predicted octanol–water partition coefficient (Wildman–Crippen LogP) is 4.23. The number of aliphatic hydroxyl groups excluding tert-OH is 1. The summed E-state index contributed by atoms with van der Waals surface area (Å²) in [5.74, 6) is 0. The lowest BCUT2D eigenvalue weighted by atomic mass is 9.91. The molecule has 29 heavy (non-hydrogen) atoms. The van der Waals surface area contributed by atoms with E-state index in [-0.39, 0.29) is 18.2 Å². The van der Waals surface area contributed by atoms with E-state index in [1.165, 1.54) is 6.07 Å². The highest BCUT2D eigenvalue weighted by molar-refractivity contribution is 5.65. The van der Waals surface area contributed by atoms with E-state index in [9.17, 15) is 18.3 Å². The van der Waals surface area contributed by atoms with Gasteiger partial charge >= 0.3 is 6.18 Å². The fourth-order valence-corrected chi connectivity index (χ4v) is 3.93. The number of nitriles is 1. The zero-order valence-electron chi connectivity index (χ0n) is 16.2. The van der Waals surface area contributed by atoms with Gasteiger partial charge in [0.15, 0.2) is 0 Å². The summed E-state index contributed by atoms with van der Waals surface area (Å²) in [6.45, 7) is 2.92. The van der Waals surface area contributed by atoms with Gasteiger partial charge in [0.1, 0.15) is 0 Å². The smallest absolute Gasteiger partial charge is 0.395 e. The van der Waals surface area contributed by atoms with Crippen LogP contribution in [-0.4, -0.2) is 33.9 Å². The summed E-state index contributed by atoms with van der Waals surface area (Å²) in [6, 6.07) is 5.58. The molecule has 1 unspecified atom stereocenters. The van der Waals surface area contributed by atoms with Crippen molar-refractivity contribution in [2.45, 2.75) is 44.9 Å². The van der Waals surface area contributed by atoms with Crippen LogP contribution in [0.25, 0.3) is 5.57 Å². The Morgan fingerprint density at radius 1 is 1.38 bits per heavy atom. The predicted molar refractivity (Wildman–Crippen MR) is 104 cm³/mol. The van der Waals surface area contributed by atoms with Crippen LogP contribution in [0.15, 0.2) is 36.8 Å². The number of alkyl halides is 3. The van der Waals surface area contributed by atoms with Crippen molar-refractivity contribution in [1.29, 1.82) is 5.26 Å². The van der Waals surface area contributed by atoms with Crippen LogP contribution < -0.4 is 4.90 Å². The third kappa shape index (κ3) is 4.46. The van der Waals surface area contributed by atoms with Gasteiger partial charge < -0.3 is 14.6 Å². The van der Waals surface area contributed by atoms with Gasteiger partial charge in [0.05, 0.1) is 42.0 Å². The van der Waals surface area contributed by atoms with E-state index in [1.807, 2.05) is 16.4 Å². The minimum atomic E-state index is -4.57. The molecule has 5 nitrogen and oxygen atoms in total. The molecule has 2 aromatic rings. The van der Waals surface area contributed by atoms with Crippen LogP contribution in [-0.2, 0) is 12.7 Å². The fourth-order valence-electron chi connectivity index (χ4n) is 3.93. The maximum Gasteiger partial charge on any atom is 0.417 e. The fraction of sp³-hybridized carbons (Fsp3) is 0.429. The molecule has 0 radical (unpaired) electrons. The van der Waals surface area contributed by atoms with Crippen LogP contribution in [0, 0.1) is 11.3 Å². The molecule has 1 aromatic carbocycles. The zero-order valence-corrected chi connectivity index (χ0v) is 16.2. The highest BCUT2D eigenvalue weighted by Gasteiger charge is 2.35. The highest BCUT2D eigenvalue weighted by atomic mass is 19.4. The van der Waals surface area contributed by atoms with Gasteiger partial charge in [-0.15, -0.1) is 0 Å². The molecule has 0 aliphatic heterocycles. The van der Waals surface area contributed by atoms with Crippen molar-refractivity contribution in [1.82, 2.24) is 9.55 Å². The van der Waals surface area contributed by atoms with Crippen molar-refractivity contribution in [2.24, 2.45) is 0 Å². The lowest BCUT2D eigenvalue weighted by Crippen LogP contribution is -2.37. The Morgan fingerprint density at radius 3 is 2.83 bits per heavy atom. The van der Waals surface area contributed by atoms with E-state index in [1.54, 1.807) is 24.7 Å². The molecular weight excluding hydrogens is 381 g/mol. The molecule has 0 fully saturated rings. The molecule has 0 spiro atoms. The second-order valence-corrected chi connectivity index (χ2v) is 6.99. The summed E-state index contributed by atoms with van der Waals surface area (Å²) in [7, 11) is 0. The third-order valence-electron chi connectivity index (χ3n) is 5.27. The van der Waals surface area contributed by atoms with Crippen molar-refractivity contribution in [3.63, 3.8) is 0 Å². The molecular formula is C21H23F3N4O. The number of hydrogen-bond acceptors (Lipinski definition) is 4. The van der Waals surface area contributed by atoms with E-state index in [2.05, 4.69) is 11.1 Å². The van der Waals surface area contributed by atoms with Crippen LogP contribution in [0.4, 0.5) is 18.9 Å². The normalized spacial score (nSPS) is 17.0. The topological polar surface area (TPSA) is 65.1 Å². The van der Waals surface area contributed by atoms with Gasteiger partial charge in [0, 0.05) is 24.8 Å². The molecule has 1 N–H and O–H groups in total. The molecule has 1 aliphatic rings. The number of nitrogens with zero attached hydrogens (tertiary/aromatic N) is 4. The number of hydrogen-bond donors (Lipinski definition) is 1. The summed E-state index contributed by atoms with van der Waals surface area (Å²) in [5.41, 5.74) is 1.21. The summed E-state index contributed by atoms with van der Waals surface area (Å²) in [4.78, 5) is 6.13. The van der Waals surface area contributed by atoms with Crippen LogP contribution in [0.3, 0.4) is 0 Å². The third-order valence-corrected chi connectivity index (χ3v) is 5.27. The van der Waals surface area contributed by atoms with E-state index in [4.69, 9.17) is 5.26 Å². The number of aromatic nitrogens is 2. The van der Waals surface area contributed by atoms with E-state index in [0.717, 1.165) is 30.2 Å². The molecule has 3 rings (SSSR count). The SMILES string of the molecule is CCN(c1ccc(C#N)c(C(F)(F)F)c1)C1CCC=C(c2cncn2CCO)C1. The van der Waals surface area contributed by atoms with Crippen LogP contribution >= 0.6 is 0 Å². The van der Waals surface area contributed by atoms with Gasteiger partial charge in [-0.1, -0.05) is 6.08 Å². The second kappa shape index (κ2) is 8.70. The summed E-state index contributed by atoms with van der Waals surface area (Å²) >= 11 is 0. The Hall–Kier alpha value is -2.79.